The lowest BCUT2D eigenvalue weighted by molar-refractivity contribution is -0.131. The van der Waals surface area contributed by atoms with Gasteiger partial charge in [-0.05, 0) is 26.7 Å². The molecule has 1 fully saturated rings. The van der Waals surface area contributed by atoms with Crippen LogP contribution in [0.2, 0.25) is 0 Å². The molecular weight excluding hydrogens is 188 g/mol. The Kier molecular flexibility index (Phi) is 4.58. The van der Waals surface area contributed by atoms with Crippen molar-refractivity contribution in [2.75, 3.05) is 0 Å². The highest BCUT2D eigenvalue weighted by Crippen LogP contribution is 2.20. The molecule has 1 N–H and O–H groups in total. The molecule has 1 amide bonds. The first-order valence-corrected chi connectivity index (χ1v) is 6.20. The number of amides is 1. The van der Waals surface area contributed by atoms with Gasteiger partial charge in [0.05, 0.1) is 12.2 Å². The third-order valence-electron chi connectivity index (χ3n) is 3.15. The van der Waals surface area contributed by atoms with Gasteiger partial charge in [-0.15, -0.1) is 0 Å². The van der Waals surface area contributed by atoms with E-state index in [0.717, 1.165) is 25.7 Å². The van der Waals surface area contributed by atoms with Crippen LogP contribution in [-0.2, 0) is 4.79 Å². The largest absolute Gasteiger partial charge is 0.323 e. The number of rotatable bonds is 5. The van der Waals surface area contributed by atoms with Crippen molar-refractivity contribution < 1.29 is 4.79 Å². The molecule has 15 heavy (non-hydrogen) atoms. The summed E-state index contributed by atoms with van der Waals surface area (Å²) in [5.74, 6) is 0.273. The predicted octanol–water partition coefficient (Wildman–Crippen LogP) is 2.12. The van der Waals surface area contributed by atoms with Crippen molar-refractivity contribution in [2.24, 2.45) is 0 Å². The Bertz CT molecular complexity index is 218. The van der Waals surface area contributed by atoms with Crippen LogP contribution in [0.15, 0.2) is 0 Å². The second-order valence-corrected chi connectivity index (χ2v) is 4.58. The molecule has 1 rings (SSSR count). The van der Waals surface area contributed by atoms with Gasteiger partial charge in [0.2, 0.25) is 5.91 Å². The highest BCUT2D eigenvalue weighted by atomic mass is 16.2. The van der Waals surface area contributed by atoms with Crippen LogP contribution in [0.3, 0.4) is 0 Å². The topological polar surface area (TPSA) is 32.3 Å². The maximum absolute atomic E-state index is 12.0. The van der Waals surface area contributed by atoms with Crippen LogP contribution >= 0.6 is 0 Å². The van der Waals surface area contributed by atoms with Crippen molar-refractivity contribution in [1.82, 2.24) is 10.2 Å². The van der Waals surface area contributed by atoms with Crippen LogP contribution in [0.1, 0.15) is 53.4 Å². The first kappa shape index (κ1) is 12.5. The SMILES string of the molecule is CCCC(C)N1C(=O)C(C)NC1CCC. The zero-order valence-corrected chi connectivity index (χ0v) is 10.4. The number of nitrogens with one attached hydrogen (secondary N) is 1. The minimum Gasteiger partial charge on any atom is -0.323 e. The second kappa shape index (κ2) is 5.50. The Labute approximate surface area is 93.2 Å². The predicted molar refractivity (Wildman–Crippen MR) is 62.5 cm³/mol. The molecular formula is C12H24N2O. The van der Waals surface area contributed by atoms with Crippen LogP contribution in [0.4, 0.5) is 0 Å². The van der Waals surface area contributed by atoms with Crippen molar-refractivity contribution in [1.29, 1.82) is 0 Å². The van der Waals surface area contributed by atoms with E-state index in [1.807, 2.05) is 6.92 Å². The van der Waals surface area contributed by atoms with E-state index in [1.54, 1.807) is 0 Å². The Morgan fingerprint density at radius 2 is 2.07 bits per heavy atom. The maximum Gasteiger partial charge on any atom is 0.240 e. The molecule has 0 aromatic rings. The summed E-state index contributed by atoms with van der Waals surface area (Å²) < 4.78 is 0. The molecule has 3 unspecified atom stereocenters. The molecule has 3 nitrogen and oxygen atoms in total. The minimum absolute atomic E-state index is 0.000793. The molecule has 0 spiro atoms. The van der Waals surface area contributed by atoms with E-state index in [0.29, 0.717) is 6.04 Å². The summed E-state index contributed by atoms with van der Waals surface area (Å²) in [7, 11) is 0. The summed E-state index contributed by atoms with van der Waals surface area (Å²) >= 11 is 0. The molecule has 1 aliphatic rings. The molecule has 0 bridgehead atoms. The van der Waals surface area contributed by atoms with E-state index in [4.69, 9.17) is 0 Å². The number of carbonyl (C=O) groups is 1. The molecule has 88 valence electrons. The summed E-state index contributed by atoms with van der Waals surface area (Å²) in [6, 6.07) is 0.373. The standard InChI is InChI=1S/C12H24N2O/c1-5-7-9(3)14-11(8-6-2)13-10(4)12(14)15/h9-11,13H,5-8H2,1-4H3. The fraction of sp³-hybridized carbons (Fsp3) is 0.917. The molecule has 0 aliphatic carbocycles. The Balaban J connectivity index is 2.67. The highest BCUT2D eigenvalue weighted by Gasteiger charge is 2.37. The molecule has 3 heteroatoms. The van der Waals surface area contributed by atoms with Gasteiger partial charge in [0.15, 0.2) is 0 Å². The smallest absolute Gasteiger partial charge is 0.240 e. The van der Waals surface area contributed by atoms with Crippen LogP contribution in [0, 0.1) is 0 Å². The second-order valence-electron chi connectivity index (χ2n) is 4.58. The van der Waals surface area contributed by atoms with Gasteiger partial charge in [0, 0.05) is 6.04 Å². The van der Waals surface area contributed by atoms with Gasteiger partial charge in [-0.3, -0.25) is 10.1 Å². The molecule has 0 aromatic heterocycles. The highest BCUT2D eigenvalue weighted by molar-refractivity contribution is 5.84. The number of carbonyl (C=O) groups excluding carboxylic acids is 1. The monoisotopic (exact) mass is 212 g/mol. The van der Waals surface area contributed by atoms with Gasteiger partial charge >= 0.3 is 0 Å². The summed E-state index contributed by atoms with van der Waals surface area (Å²) in [4.78, 5) is 14.0. The normalized spacial score (nSPS) is 28.5. The molecule has 3 atom stereocenters. The number of nitrogens with zero attached hydrogens (tertiary/aromatic N) is 1. The summed E-state index contributed by atoms with van der Waals surface area (Å²) in [6.07, 6.45) is 4.68. The first-order valence-electron chi connectivity index (χ1n) is 6.20. The number of hydrogen-bond donors (Lipinski definition) is 1. The van der Waals surface area contributed by atoms with E-state index in [2.05, 4.69) is 31.0 Å². The van der Waals surface area contributed by atoms with E-state index in [9.17, 15) is 4.79 Å². The lowest BCUT2D eigenvalue weighted by Gasteiger charge is -2.30. The molecule has 1 saturated heterocycles. The van der Waals surface area contributed by atoms with E-state index < -0.39 is 0 Å². The Morgan fingerprint density at radius 1 is 1.40 bits per heavy atom. The number of hydrogen-bond acceptors (Lipinski definition) is 2. The van der Waals surface area contributed by atoms with Gasteiger partial charge < -0.3 is 4.90 Å². The minimum atomic E-state index is 0.000793. The van der Waals surface area contributed by atoms with Gasteiger partial charge in [-0.2, -0.15) is 0 Å². The fourth-order valence-corrected chi connectivity index (χ4v) is 2.39. The molecule has 1 aliphatic heterocycles. The lowest BCUT2D eigenvalue weighted by Crippen LogP contribution is -2.43. The summed E-state index contributed by atoms with van der Waals surface area (Å²) in [5.41, 5.74) is 0. The molecule has 0 radical (unpaired) electrons. The maximum atomic E-state index is 12.0. The van der Waals surface area contributed by atoms with Gasteiger partial charge in [-0.1, -0.05) is 26.7 Å². The van der Waals surface area contributed by atoms with Gasteiger partial charge in [0.25, 0.3) is 0 Å². The zero-order valence-electron chi connectivity index (χ0n) is 10.4. The first-order chi connectivity index (χ1) is 7.11. The van der Waals surface area contributed by atoms with E-state index in [-0.39, 0.29) is 18.1 Å². The fourth-order valence-electron chi connectivity index (χ4n) is 2.39. The Morgan fingerprint density at radius 3 is 2.60 bits per heavy atom. The van der Waals surface area contributed by atoms with Gasteiger partial charge in [0.1, 0.15) is 0 Å². The molecule has 0 saturated carbocycles. The Hall–Kier alpha value is -0.570. The van der Waals surface area contributed by atoms with E-state index >= 15 is 0 Å². The quantitative estimate of drug-likeness (QED) is 0.757. The average molecular weight is 212 g/mol. The summed E-state index contributed by atoms with van der Waals surface area (Å²) in [5, 5.41) is 3.37. The van der Waals surface area contributed by atoms with Crippen molar-refractivity contribution in [3.05, 3.63) is 0 Å². The zero-order chi connectivity index (χ0) is 11.4. The molecule has 0 aromatic carbocycles. The van der Waals surface area contributed by atoms with Crippen molar-refractivity contribution in [3.63, 3.8) is 0 Å². The average Bonchev–Trinajstić information content (AvgIpc) is 2.44. The van der Waals surface area contributed by atoms with Crippen LogP contribution in [-0.4, -0.2) is 29.1 Å². The third-order valence-corrected chi connectivity index (χ3v) is 3.15. The van der Waals surface area contributed by atoms with E-state index in [1.165, 1.54) is 0 Å². The van der Waals surface area contributed by atoms with Crippen molar-refractivity contribution in [3.8, 4) is 0 Å². The molecule has 1 heterocycles. The van der Waals surface area contributed by atoms with Crippen molar-refractivity contribution >= 4 is 5.91 Å². The summed E-state index contributed by atoms with van der Waals surface area (Å²) in [6.45, 7) is 8.45. The van der Waals surface area contributed by atoms with Crippen LogP contribution in [0.25, 0.3) is 0 Å². The van der Waals surface area contributed by atoms with Gasteiger partial charge in [-0.25, -0.2) is 0 Å². The lowest BCUT2D eigenvalue weighted by atomic mass is 10.1. The van der Waals surface area contributed by atoms with Crippen LogP contribution < -0.4 is 5.32 Å². The third kappa shape index (κ3) is 2.71. The van der Waals surface area contributed by atoms with Crippen molar-refractivity contribution in [2.45, 2.75) is 71.6 Å². The van der Waals surface area contributed by atoms with Crippen LogP contribution in [0.5, 0.6) is 0 Å².